The quantitative estimate of drug-likeness (QED) is 0.868. The normalized spacial score (nSPS) is 30.7. The maximum absolute atomic E-state index is 6.21. The molecule has 2 N–H and O–H groups in total. The Labute approximate surface area is 103 Å². The first-order chi connectivity index (χ1) is 8.24. The standard InChI is InChI=1S/C14H23N3/c1-10-8-13(10)14(15)9-11-6-7-17(16-11)12-4-2-3-5-12/h6-7,10,12-14H,2-5,8-9,15H2,1H3. The van der Waals surface area contributed by atoms with Crippen LogP contribution in [0.5, 0.6) is 0 Å². The molecule has 2 aliphatic carbocycles. The first-order valence-electron chi connectivity index (χ1n) is 7.03. The highest BCUT2D eigenvalue weighted by atomic mass is 15.3. The van der Waals surface area contributed by atoms with Gasteiger partial charge in [0.1, 0.15) is 0 Å². The smallest absolute Gasteiger partial charge is 0.0640 e. The summed E-state index contributed by atoms with van der Waals surface area (Å²) in [5.74, 6) is 1.58. The number of hydrogen-bond donors (Lipinski definition) is 1. The van der Waals surface area contributed by atoms with Gasteiger partial charge in [0.2, 0.25) is 0 Å². The molecule has 1 heterocycles. The van der Waals surface area contributed by atoms with Gasteiger partial charge in [0.05, 0.1) is 11.7 Å². The molecule has 0 radical (unpaired) electrons. The molecule has 0 aromatic carbocycles. The molecule has 3 nitrogen and oxygen atoms in total. The third kappa shape index (κ3) is 2.39. The van der Waals surface area contributed by atoms with Crippen molar-refractivity contribution in [3.05, 3.63) is 18.0 Å². The molecule has 0 bridgehead atoms. The van der Waals surface area contributed by atoms with Crippen LogP contribution in [0.3, 0.4) is 0 Å². The Morgan fingerprint density at radius 1 is 1.47 bits per heavy atom. The van der Waals surface area contributed by atoms with E-state index in [4.69, 9.17) is 10.8 Å². The minimum Gasteiger partial charge on any atom is -0.327 e. The fourth-order valence-corrected chi connectivity index (χ4v) is 3.20. The first kappa shape index (κ1) is 11.3. The molecular formula is C14H23N3. The summed E-state index contributed by atoms with van der Waals surface area (Å²) in [5.41, 5.74) is 7.40. The minimum atomic E-state index is 0.317. The van der Waals surface area contributed by atoms with Crippen molar-refractivity contribution in [1.29, 1.82) is 0 Å². The third-order valence-electron chi connectivity index (χ3n) is 4.53. The number of nitrogens with zero attached hydrogens (tertiary/aromatic N) is 2. The highest BCUT2D eigenvalue weighted by molar-refractivity contribution is 5.05. The molecular weight excluding hydrogens is 210 g/mol. The zero-order valence-corrected chi connectivity index (χ0v) is 10.7. The van der Waals surface area contributed by atoms with E-state index in [-0.39, 0.29) is 0 Å². The van der Waals surface area contributed by atoms with Crippen LogP contribution >= 0.6 is 0 Å². The van der Waals surface area contributed by atoms with Gasteiger partial charge >= 0.3 is 0 Å². The summed E-state index contributed by atoms with van der Waals surface area (Å²) in [6.07, 6.45) is 9.73. The minimum absolute atomic E-state index is 0.317. The van der Waals surface area contributed by atoms with Crippen LogP contribution in [0.2, 0.25) is 0 Å². The van der Waals surface area contributed by atoms with E-state index in [1.807, 2.05) is 0 Å². The van der Waals surface area contributed by atoms with E-state index in [0.717, 1.165) is 18.3 Å². The van der Waals surface area contributed by atoms with E-state index >= 15 is 0 Å². The van der Waals surface area contributed by atoms with Crippen molar-refractivity contribution in [2.45, 2.75) is 57.5 Å². The van der Waals surface area contributed by atoms with Gasteiger partial charge in [-0.25, -0.2) is 0 Å². The van der Waals surface area contributed by atoms with Crippen LogP contribution in [-0.4, -0.2) is 15.8 Å². The average Bonchev–Trinajstić information content (AvgIpc) is 2.76. The first-order valence-corrected chi connectivity index (χ1v) is 7.03. The lowest BCUT2D eigenvalue weighted by atomic mass is 10.1. The van der Waals surface area contributed by atoms with E-state index in [9.17, 15) is 0 Å². The van der Waals surface area contributed by atoms with Gasteiger partial charge in [-0.2, -0.15) is 5.10 Å². The summed E-state index contributed by atoms with van der Waals surface area (Å²) in [5, 5.41) is 4.70. The lowest BCUT2D eigenvalue weighted by molar-refractivity contribution is 0.458. The second-order valence-corrected chi connectivity index (χ2v) is 5.97. The number of rotatable bonds is 4. The lowest BCUT2D eigenvalue weighted by Crippen LogP contribution is -2.26. The van der Waals surface area contributed by atoms with Crippen LogP contribution in [0, 0.1) is 11.8 Å². The number of aromatic nitrogens is 2. The van der Waals surface area contributed by atoms with Gasteiger partial charge in [-0.15, -0.1) is 0 Å². The van der Waals surface area contributed by atoms with E-state index in [2.05, 4.69) is 23.9 Å². The molecule has 3 heteroatoms. The predicted molar refractivity (Wildman–Crippen MR) is 68.7 cm³/mol. The Hall–Kier alpha value is -0.830. The van der Waals surface area contributed by atoms with Crippen molar-refractivity contribution >= 4 is 0 Å². The van der Waals surface area contributed by atoms with Crippen LogP contribution in [-0.2, 0) is 6.42 Å². The lowest BCUT2D eigenvalue weighted by Gasteiger charge is -2.10. The fourth-order valence-electron chi connectivity index (χ4n) is 3.20. The van der Waals surface area contributed by atoms with E-state index in [0.29, 0.717) is 12.1 Å². The topological polar surface area (TPSA) is 43.8 Å². The molecule has 0 saturated heterocycles. The molecule has 3 unspecified atom stereocenters. The summed E-state index contributed by atoms with van der Waals surface area (Å²) in [7, 11) is 0. The zero-order chi connectivity index (χ0) is 11.8. The van der Waals surface area contributed by atoms with Crippen molar-refractivity contribution < 1.29 is 0 Å². The van der Waals surface area contributed by atoms with Crippen molar-refractivity contribution in [2.75, 3.05) is 0 Å². The molecule has 0 aliphatic heterocycles. The average molecular weight is 233 g/mol. The van der Waals surface area contributed by atoms with Crippen molar-refractivity contribution in [3.63, 3.8) is 0 Å². The van der Waals surface area contributed by atoms with Crippen LogP contribution in [0.4, 0.5) is 0 Å². The summed E-state index contributed by atoms with van der Waals surface area (Å²) in [4.78, 5) is 0. The second kappa shape index (κ2) is 4.45. The molecule has 3 rings (SSSR count). The van der Waals surface area contributed by atoms with E-state index in [1.54, 1.807) is 0 Å². The highest BCUT2D eigenvalue weighted by Gasteiger charge is 2.37. The maximum atomic E-state index is 6.21. The van der Waals surface area contributed by atoms with Crippen molar-refractivity contribution in [3.8, 4) is 0 Å². The third-order valence-corrected chi connectivity index (χ3v) is 4.53. The van der Waals surface area contributed by atoms with Gasteiger partial charge in [-0.05, 0) is 37.2 Å². The monoisotopic (exact) mass is 233 g/mol. The zero-order valence-electron chi connectivity index (χ0n) is 10.7. The maximum Gasteiger partial charge on any atom is 0.0640 e. The second-order valence-electron chi connectivity index (χ2n) is 5.97. The predicted octanol–water partition coefficient (Wildman–Crippen LogP) is 2.52. The largest absolute Gasteiger partial charge is 0.327 e. The molecule has 0 spiro atoms. The van der Waals surface area contributed by atoms with Gasteiger partial charge in [0.15, 0.2) is 0 Å². The number of hydrogen-bond acceptors (Lipinski definition) is 2. The molecule has 1 aromatic rings. The van der Waals surface area contributed by atoms with Crippen LogP contribution < -0.4 is 5.73 Å². The molecule has 3 atom stereocenters. The van der Waals surface area contributed by atoms with Gasteiger partial charge in [-0.3, -0.25) is 4.68 Å². The summed E-state index contributed by atoms with van der Waals surface area (Å²) >= 11 is 0. The highest BCUT2D eigenvalue weighted by Crippen LogP contribution is 2.40. The van der Waals surface area contributed by atoms with Gasteiger partial charge in [-0.1, -0.05) is 19.8 Å². The molecule has 2 aliphatic rings. The Kier molecular flexibility index (Phi) is 2.95. The van der Waals surface area contributed by atoms with Crippen molar-refractivity contribution in [1.82, 2.24) is 9.78 Å². The Bertz CT molecular complexity index is 379. The van der Waals surface area contributed by atoms with E-state index < -0.39 is 0 Å². The van der Waals surface area contributed by atoms with Crippen LogP contribution in [0.15, 0.2) is 12.3 Å². The Balaban J connectivity index is 1.60. The summed E-state index contributed by atoms with van der Waals surface area (Å²) in [6.45, 7) is 2.29. The number of nitrogens with two attached hydrogens (primary N) is 1. The molecule has 17 heavy (non-hydrogen) atoms. The Morgan fingerprint density at radius 2 is 2.18 bits per heavy atom. The fraction of sp³-hybridized carbons (Fsp3) is 0.786. The molecule has 1 aromatic heterocycles. The van der Waals surface area contributed by atoms with Gasteiger partial charge in [0, 0.05) is 18.7 Å². The van der Waals surface area contributed by atoms with E-state index in [1.165, 1.54) is 37.8 Å². The molecule has 2 fully saturated rings. The van der Waals surface area contributed by atoms with Gasteiger partial charge in [0.25, 0.3) is 0 Å². The van der Waals surface area contributed by atoms with Crippen molar-refractivity contribution in [2.24, 2.45) is 17.6 Å². The van der Waals surface area contributed by atoms with Gasteiger partial charge < -0.3 is 5.73 Å². The van der Waals surface area contributed by atoms with Crippen LogP contribution in [0.1, 0.15) is 50.8 Å². The summed E-state index contributed by atoms with van der Waals surface area (Å²) in [6, 6.07) is 3.13. The Morgan fingerprint density at radius 3 is 2.82 bits per heavy atom. The SMILES string of the molecule is CC1CC1C(N)Cc1ccn(C2CCCC2)n1. The molecule has 2 saturated carbocycles. The molecule has 94 valence electrons. The summed E-state index contributed by atoms with van der Waals surface area (Å²) < 4.78 is 2.17. The van der Waals surface area contributed by atoms with Crippen LogP contribution in [0.25, 0.3) is 0 Å². The molecule has 0 amide bonds.